The highest BCUT2D eigenvalue weighted by molar-refractivity contribution is 5.96. The van der Waals surface area contributed by atoms with E-state index < -0.39 is 0 Å². The van der Waals surface area contributed by atoms with Crippen LogP contribution >= 0.6 is 0 Å². The first kappa shape index (κ1) is 22.7. The molecule has 1 saturated heterocycles. The van der Waals surface area contributed by atoms with Gasteiger partial charge in [-0.15, -0.1) is 0 Å². The van der Waals surface area contributed by atoms with Gasteiger partial charge in [0.1, 0.15) is 0 Å². The number of hydrogen-bond acceptors (Lipinski definition) is 6. The van der Waals surface area contributed by atoms with Crippen molar-refractivity contribution < 1.29 is 19.1 Å². The van der Waals surface area contributed by atoms with Crippen LogP contribution in [0.3, 0.4) is 0 Å². The number of carbonyl (C=O) groups is 2. The van der Waals surface area contributed by atoms with Crippen LogP contribution in [0.2, 0.25) is 0 Å². The van der Waals surface area contributed by atoms with Crippen LogP contribution in [0, 0.1) is 6.92 Å². The summed E-state index contributed by atoms with van der Waals surface area (Å²) in [6, 6.07) is 14.0. The Hall–Kier alpha value is -3.10. The lowest BCUT2D eigenvalue weighted by atomic mass is 9.74. The summed E-state index contributed by atoms with van der Waals surface area (Å²) < 4.78 is 10.9. The fraction of sp³-hybridized carbons (Fsp3) is 0.462. The number of carbonyl (C=O) groups excluding carboxylic acids is 2. The van der Waals surface area contributed by atoms with E-state index in [2.05, 4.69) is 21.6 Å². The van der Waals surface area contributed by atoms with E-state index in [4.69, 9.17) is 15.2 Å². The standard InChI is InChI=1S/C26H32N4O4/c1-17-3-2-4-18(11-17)25(32)28-13-24(31)29-20-14-30(15-20)21-7-9-26(27,10-8-21)19-5-6-22-23(12-19)34-16-33-22/h2-6,11-12,20-21H,7-10,13-16,27H2,1H3,(H,28,32)(H,29,31). The molecule has 2 heterocycles. The molecule has 2 aromatic carbocycles. The molecule has 0 unspecified atom stereocenters. The minimum atomic E-state index is -0.342. The zero-order valence-corrected chi connectivity index (χ0v) is 19.5. The number of benzene rings is 2. The number of nitrogens with zero attached hydrogens (tertiary/aromatic N) is 1. The summed E-state index contributed by atoms with van der Waals surface area (Å²) >= 11 is 0. The van der Waals surface area contributed by atoms with Crippen molar-refractivity contribution in [3.8, 4) is 11.5 Å². The highest BCUT2D eigenvalue weighted by Gasteiger charge is 2.40. The normalized spacial score (nSPS) is 24.4. The molecule has 8 heteroatoms. The van der Waals surface area contributed by atoms with Crippen LogP contribution in [-0.4, -0.2) is 55.2 Å². The Bertz CT molecular complexity index is 1070. The van der Waals surface area contributed by atoms with Crippen LogP contribution in [0.25, 0.3) is 0 Å². The predicted octanol–water partition coefficient (Wildman–Crippen LogP) is 2.05. The van der Waals surface area contributed by atoms with Gasteiger partial charge in [0.25, 0.3) is 5.91 Å². The molecule has 2 amide bonds. The summed E-state index contributed by atoms with van der Waals surface area (Å²) in [5, 5.41) is 5.72. The summed E-state index contributed by atoms with van der Waals surface area (Å²) in [6.45, 7) is 3.86. The summed E-state index contributed by atoms with van der Waals surface area (Å²) in [7, 11) is 0. The molecule has 34 heavy (non-hydrogen) atoms. The highest BCUT2D eigenvalue weighted by atomic mass is 16.7. The Kier molecular flexibility index (Phi) is 6.18. The van der Waals surface area contributed by atoms with Gasteiger partial charge in [-0.1, -0.05) is 23.8 Å². The fourth-order valence-electron chi connectivity index (χ4n) is 5.21. The first-order valence-electron chi connectivity index (χ1n) is 12.0. The SMILES string of the molecule is Cc1cccc(C(=O)NCC(=O)NC2CN(C3CCC(N)(c4ccc5c(c4)OCO5)CC3)C2)c1. The molecule has 3 aliphatic rings. The van der Waals surface area contributed by atoms with E-state index in [1.807, 2.05) is 37.3 Å². The zero-order chi connectivity index (χ0) is 23.7. The Labute approximate surface area is 199 Å². The maximum absolute atomic E-state index is 12.3. The molecule has 0 bridgehead atoms. The lowest BCUT2D eigenvalue weighted by molar-refractivity contribution is -0.122. The first-order valence-corrected chi connectivity index (χ1v) is 12.0. The van der Waals surface area contributed by atoms with Gasteiger partial charge in [0.15, 0.2) is 11.5 Å². The molecule has 180 valence electrons. The number of aryl methyl sites for hydroxylation is 1. The molecule has 1 saturated carbocycles. The summed E-state index contributed by atoms with van der Waals surface area (Å²) in [5.74, 6) is 1.17. The molecule has 2 fully saturated rings. The molecule has 5 rings (SSSR count). The molecule has 0 radical (unpaired) electrons. The van der Waals surface area contributed by atoms with Gasteiger partial charge in [-0.25, -0.2) is 0 Å². The van der Waals surface area contributed by atoms with E-state index in [-0.39, 0.29) is 36.7 Å². The molecule has 0 atom stereocenters. The Morgan fingerprint density at radius 2 is 1.85 bits per heavy atom. The number of nitrogens with one attached hydrogen (secondary N) is 2. The van der Waals surface area contributed by atoms with Crippen LogP contribution < -0.4 is 25.8 Å². The van der Waals surface area contributed by atoms with Gasteiger partial charge in [0, 0.05) is 30.2 Å². The smallest absolute Gasteiger partial charge is 0.251 e. The number of ether oxygens (including phenoxy) is 2. The number of nitrogens with two attached hydrogens (primary N) is 1. The third-order valence-corrected chi connectivity index (χ3v) is 7.28. The van der Waals surface area contributed by atoms with Crippen molar-refractivity contribution in [3.05, 3.63) is 59.2 Å². The molecule has 0 spiro atoms. The molecule has 8 nitrogen and oxygen atoms in total. The van der Waals surface area contributed by atoms with E-state index in [1.165, 1.54) is 0 Å². The van der Waals surface area contributed by atoms with Crippen molar-refractivity contribution in [1.82, 2.24) is 15.5 Å². The third-order valence-electron chi connectivity index (χ3n) is 7.28. The van der Waals surface area contributed by atoms with Crippen molar-refractivity contribution >= 4 is 11.8 Å². The molecule has 2 aromatic rings. The minimum Gasteiger partial charge on any atom is -0.454 e. The average Bonchev–Trinajstić information content (AvgIpc) is 3.28. The van der Waals surface area contributed by atoms with E-state index in [1.54, 1.807) is 6.07 Å². The van der Waals surface area contributed by atoms with Crippen LogP contribution in [0.5, 0.6) is 11.5 Å². The summed E-state index contributed by atoms with van der Waals surface area (Å²) in [5.41, 5.74) is 9.13. The second kappa shape index (κ2) is 9.27. The molecule has 0 aromatic heterocycles. The summed E-state index contributed by atoms with van der Waals surface area (Å²) in [6.07, 6.45) is 3.88. The molecular formula is C26H32N4O4. The Morgan fingerprint density at radius 3 is 2.62 bits per heavy atom. The van der Waals surface area contributed by atoms with E-state index >= 15 is 0 Å². The molecule has 4 N–H and O–H groups in total. The van der Waals surface area contributed by atoms with Gasteiger partial charge >= 0.3 is 0 Å². The fourth-order valence-corrected chi connectivity index (χ4v) is 5.21. The lowest BCUT2D eigenvalue weighted by Crippen LogP contribution is -2.63. The Morgan fingerprint density at radius 1 is 1.09 bits per heavy atom. The maximum Gasteiger partial charge on any atom is 0.251 e. The molecule has 1 aliphatic carbocycles. The molecular weight excluding hydrogens is 432 g/mol. The van der Waals surface area contributed by atoms with Gasteiger partial charge in [-0.05, 0) is 62.4 Å². The average molecular weight is 465 g/mol. The largest absolute Gasteiger partial charge is 0.454 e. The van der Waals surface area contributed by atoms with Crippen molar-refractivity contribution in [3.63, 3.8) is 0 Å². The minimum absolute atomic E-state index is 0.0159. The van der Waals surface area contributed by atoms with Gasteiger partial charge in [-0.2, -0.15) is 0 Å². The quantitative estimate of drug-likeness (QED) is 0.604. The first-order chi connectivity index (χ1) is 16.4. The van der Waals surface area contributed by atoms with E-state index in [0.29, 0.717) is 11.6 Å². The van der Waals surface area contributed by atoms with Crippen molar-refractivity contribution in [2.45, 2.75) is 50.2 Å². The number of amides is 2. The molecule has 2 aliphatic heterocycles. The van der Waals surface area contributed by atoms with Crippen molar-refractivity contribution in [1.29, 1.82) is 0 Å². The summed E-state index contributed by atoms with van der Waals surface area (Å²) in [4.78, 5) is 26.9. The van der Waals surface area contributed by atoms with Crippen molar-refractivity contribution in [2.24, 2.45) is 5.73 Å². The maximum atomic E-state index is 12.3. The van der Waals surface area contributed by atoms with Gasteiger partial charge in [-0.3, -0.25) is 14.5 Å². The van der Waals surface area contributed by atoms with Crippen LogP contribution in [-0.2, 0) is 10.3 Å². The second-order valence-corrected chi connectivity index (χ2v) is 9.73. The van der Waals surface area contributed by atoms with E-state index in [9.17, 15) is 9.59 Å². The van der Waals surface area contributed by atoms with Gasteiger partial charge in [0.2, 0.25) is 12.7 Å². The number of fused-ring (bicyclic) bond motifs is 1. The number of likely N-dealkylation sites (tertiary alicyclic amines) is 1. The van der Waals surface area contributed by atoms with Crippen molar-refractivity contribution in [2.75, 3.05) is 26.4 Å². The highest BCUT2D eigenvalue weighted by Crippen LogP contribution is 2.41. The Balaban J connectivity index is 1.04. The monoisotopic (exact) mass is 464 g/mol. The van der Waals surface area contributed by atoms with Crippen LogP contribution in [0.4, 0.5) is 0 Å². The number of rotatable bonds is 6. The zero-order valence-electron chi connectivity index (χ0n) is 19.5. The van der Waals surface area contributed by atoms with Gasteiger partial charge < -0.3 is 25.8 Å². The lowest BCUT2D eigenvalue weighted by Gasteiger charge is -2.48. The topological polar surface area (TPSA) is 106 Å². The third kappa shape index (κ3) is 4.74. The van der Waals surface area contributed by atoms with E-state index in [0.717, 1.165) is 61.4 Å². The van der Waals surface area contributed by atoms with Gasteiger partial charge in [0.05, 0.1) is 12.6 Å². The number of hydrogen-bond donors (Lipinski definition) is 3. The van der Waals surface area contributed by atoms with Crippen LogP contribution in [0.15, 0.2) is 42.5 Å². The second-order valence-electron chi connectivity index (χ2n) is 9.73. The predicted molar refractivity (Wildman–Crippen MR) is 128 cm³/mol. The van der Waals surface area contributed by atoms with Crippen LogP contribution in [0.1, 0.15) is 47.2 Å².